The van der Waals surface area contributed by atoms with E-state index in [-0.39, 0.29) is 5.41 Å². The summed E-state index contributed by atoms with van der Waals surface area (Å²) in [5.74, 6) is 0. The van der Waals surface area contributed by atoms with Gasteiger partial charge in [0.2, 0.25) is 0 Å². The molecule has 0 saturated carbocycles. The maximum Gasteiger partial charge on any atom is 0.0270 e. The lowest BCUT2D eigenvalue weighted by atomic mass is 9.99. The van der Waals surface area contributed by atoms with Gasteiger partial charge < -0.3 is 0 Å². The van der Waals surface area contributed by atoms with Crippen molar-refractivity contribution in [1.29, 1.82) is 0 Å². The van der Waals surface area contributed by atoms with Crippen LogP contribution in [0.3, 0.4) is 0 Å². The lowest BCUT2D eigenvalue weighted by molar-refractivity contribution is 0.607. The van der Waals surface area contributed by atoms with Crippen LogP contribution in [0, 0.1) is 5.41 Å². The molecule has 0 aromatic heterocycles. The molecule has 0 saturated heterocycles. The van der Waals surface area contributed by atoms with Crippen molar-refractivity contribution < 1.29 is 0 Å². The lowest BCUT2D eigenvalue weighted by Gasteiger charge is -2.08. The molecule has 0 bridgehead atoms. The second kappa shape index (κ2) is 4.75. The van der Waals surface area contributed by atoms with Gasteiger partial charge in [0.1, 0.15) is 0 Å². The topological polar surface area (TPSA) is 12.4 Å². The molecule has 1 heteroatoms. The quantitative estimate of drug-likeness (QED) is 0.625. The molecule has 0 unspecified atom stereocenters. The Morgan fingerprint density at radius 1 is 1.07 bits per heavy atom. The molecular weight excluding hydrogens is 170 g/mol. The number of nitrogens with zero attached hydrogens (tertiary/aromatic N) is 1. The second-order valence-electron chi connectivity index (χ2n) is 4.37. The first kappa shape index (κ1) is 10.7. The highest BCUT2D eigenvalue weighted by molar-refractivity contribution is 5.65. The predicted molar refractivity (Wildman–Crippen MR) is 63.4 cm³/mol. The van der Waals surface area contributed by atoms with Crippen LogP contribution in [0.4, 0.5) is 0 Å². The van der Waals surface area contributed by atoms with Gasteiger partial charge in [-0.3, -0.25) is 4.99 Å². The summed E-state index contributed by atoms with van der Waals surface area (Å²) >= 11 is 0. The average Bonchev–Trinajstić information content (AvgIpc) is 2.13. The molecule has 1 nitrogen and oxygen atoms in total. The average molecular weight is 187 g/mol. The smallest absolute Gasteiger partial charge is 0.0270 e. The summed E-state index contributed by atoms with van der Waals surface area (Å²) in [7, 11) is 0. The first-order valence-corrected chi connectivity index (χ1v) is 4.84. The molecule has 14 heavy (non-hydrogen) atoms. The molecule has 1 rings (SSSR count). The highest BCUT2D eigenvalue weighted by Gasteiger charge is 2.03. The second-order valence-corrected chi connectivity index (χ2v) is 4.37. The third kappa shape index (κ3) is 4.61. The van der Waals surface area contributed by atoms with E-state index in [1.54, 1.807) is 0 Å². The maximum atomic E-state index is 4.23. The van der Waals surface area contributed by atoms with Gasteiger partial charge in [0.05, 0.1) is 0 Å². The highest BCUT2D eigenvalue weighted by atomic mass is 14.7. The Morgan fingerprint density at radius 2 is 1.71 bits per heavy atom. The van der Waals surface area contributed by atoms with Crippen molar-refractivity contribution in [2.45, 2.75) is 20.8 Å². The van der Waals surface area contributed by atoms with Crippen LogP contribution in [0.1, 0.15) is 26.3 Å². The van der Waals surface area contributed by atoms with Gasteiger partial charge in [0.15, 0.2) is 0 Å². The van der Waals surface area contributed by atoms with Gasteiger partial charge in [-0.15, -0.1) is 0 Å². The Balaban J connectivity index is 2.54. The first-order valence-electron chi connectivity index (χ1n) is 4.84. The van der Waals surface area contributed by atoms with Gasteiger partial charge in [-0.2, -0.15) is 0 Å². The summed E-state index contributed by atoms with van der Waals surface area (Å²) < 4.78 is 0. The Kier molecular flexibility index (Phi) is 3.63. The fraction of sp³-hybridized carbons (Fsp3) is 0.308. The number of rotatable bonds is 2. The van der Waals surface area contributed by atoms with Crippen LogP contribution in [-0.4, -0.2) is 6.21 Å². The van der Waals surface area contributed by atoms with Crippen LogP contribution in [0.15, 0.2) is 41.5 Å². The van der Waals surface area contributed by atoms with E-state index in [2.05, 4.69) is 37.9 Å². The molecule has 0 aliphatic carbocycles. The van der Waals surface area contributed by atoms with Crippen molar-refractivity contribution in [3.05, 3.63) is 42.1 Å². The van der Waals surface area contributed by atoms with Gasteiger partial charge >= 0.3 is 0 Å². The molecule has 0 radical (unpaired) electrons. The van der Waals surface area contributed by atoms with Crippen molar-refractivity contribution in [3.63, 3.8) is 0 Å². The monoisotopic (exact) mass is 187 g/mol. The molecule has 0 fully saturated rings. The minimum absolute atomic E-state index is 0.154. The fourth-order valence-electron chi connectivity index (χ4n) is 0.960. The Hall–Kier alpha value is -1.37. The Bertz CT molecular complexity index is 315. The summed E-state index contributed by atoms with van der Waals surface area (Å²) in [5.41, 5.74) is 1.33. The minimum Gasteiger partial charge on any atom is -0.269 e. The summed E-state index contributed by atoms with van der Waals surface area (Å²) in [6.07, 6.45) is 5.79. The van der Waals surface area contributed by atoms with Crippen molar-refractivity contribution in [3.8, 4) is 0 Å². The van der Waals surface area contributed by atoms with E-state index in [1.807, 2.05) is 36.7 Å². The Labute approximate surface area is 86.2 Å². The summed E-state index contributed by atoms with van der Waals surface area (Å²) in [4.78, 5) is 4.23. The zero-order chi connectivity index (χ0) is 10.4. The molecule has 0 heterocycles. The summed E-state index contributed by atoms with van der Waals surface area (Å²) in [5, 5.41) is 0. The van der Waals surface area contributed by atoms with Crippen LogP contribution in [0.2, 0.25) is 0 Å². The van der Waals surface area contributed by atoms with E-state index < -0.39 is 0 Å². The van der Waals surface area contributed by atoms with Gasteiger partial charge in [-0.25, -0.2) is 0 Å². The van der Waals surface area contributed by atoms with Gasteiger partial charge in [0, 0.05) is 12.4 Å². The van der Waals surface area contributed by atoms with E-state index in [0.29, 0.717) is 0 Å². The van der Waals surface area contributed by atoms with E-state index >= 15 is 0 Å². The predicted octanol–water partition coefficient (Wildman–Crippen LogP) is 3.77. The molecular formula is C13H17N. The van der Waals surface area contributed by atoms with Crippen molar-refractivity contribution in [1.82, 2.24) is 0 Å². The minimum atomic E-state index is 0.154. The Morgan fingerprint density at radius 3 is 2.29 bits per heavy atom. The normalized spacial score (nSPS) is 12.8. The molecule has 0 N–H and O–H groups in total. The third-order valence-corrected chi connectivity index (χ3v) is 1.61. The van der Waals surface area contributed by atoms with Crippen LogP contribution < -0.4 is 0 Å². The van der Waals surface area contributed by atoms with Gasteiger partial charge in [-0.1, -0.05) is 51.1 Å². The largest absolute Gasteiger partial charge is 0.269 e. The molecule has 0 aliphatic heterocycles. The molecule has 1 aromatic rings. The zero-order valence-electron chi connectivity index (χ0n) is 9.07. The molecule has 1 aromatic carbocycles. The number of aliphatic imine (C=N–C) groups is 1. The highest BCUT2D eigenvalue weighted by Crippen LogP contribution is 2.08. The van der Waals surface area contributed by atoms with Crippen LogP contribution in [-0.2, 0) is 0 Å². The third-order valence-electron chi connectivity index (χ3n) is 1.61. The molecule has 74 valence electrons. The molecule has 0 spiro atoms. The maximum absolute atomic E-state index is 4.23. The van der Waals surface area contributed by atoms with Gasteiger partial charge in [-0.05, 0) is 17.1 Å². The van der Waals surface area contributed by atoms with E-state index in [9.17, 15) is 0 Å². The fourth-order valence-corrected chi connectivity index (χ4v) is 0.960. The van der Waals surface area contributed by atoms with Crippen LogP contribution >= 0.6 is 0 Å². The van der Waals surface area contributed by atoms with E-state index in [1.165, 1.54) is 5.56 Å². The van der Waals surface area contributed by atoms with E-state index in [0.717, 1.165) is 0 Å². The van der Waals surface area contributed by atoms with Crippen molar-refractivity contribution in [2.75, 3.05) is 0 Å². The zero-order valence-corrected chi connectivity index (χ0v) is 9.07. The molecule has 0 amide bonds. The number of benzene rings is 1. The summed E-state index contributed by atoms with van der Waals surface area (Å²) in [6, 6.07) is 10.2. The number of hydrogen-bond donors (Lipinski definition) is 0. The van der Waals surface area contributed by atoms with Crippen molar-refractivity contribution in [2.24, 2.45) is 10.4 Å². The van der Waals surface area contributed by atoms with Crippen LogP contribution in [0.25, 0.3) is 6.08 Å². The van der Waals surface area contributed by atoms with Crippen LogP contribution in [0.5, 0.6) is 0 Å². The molecule has 0 aliphatic rings. The summed E-state index contributed by atoms with van der Waals surface area (Å²) in [6.45, 7) is 6.40. The standard InChI is InChI=1S/C13H17N/c1-13(2,3)11-14-10-9-12-7-5-4-6-8-12/h4-11H,1-3H3/b10-9-,14-11?. The van der Waals surface area contributed by atoms with E-state index in [4.69, 9.17) is 0 Å². The first-order chi connectivity index (χ1) is 6.58. The molecule has 0 atom stereocenters. The number of hydrogen-bond acceptors (Lipinski definition) is 1. The van der Waals surface area contributed by atoms with Crippen molar-refractivity contribution >= 4 is 12.3 Å². The van der Waals surface area contributed by atoms with Gasteiger partial charge in [0.25, 0.3) is 0 Å². The lowest BCUT2D eigenvalue weighted by Crippen LogP contribution is -2.05. The SMILES string of the molecule is CC(C)(C)C=N/C=C\c1ccccc1.